The van der Waals surface area contributed by atoms with E-state index in [-0.39, 0.29) is 18.0 Å². The van der Waals surface area contributed by atoms with Gasteiger partial charge in [0.1, 0.15) is 5.75 Å². The van der Waals surface area contributed by atoms with E-state index in [1.165, 1.54) is 0 Å². The third-order valence-corrected chi connectivity index (χ3v) is 2.80. The smallest absolute Gasteiger partial charge is 0.220 e. The number of carbonyl (C=O) groups excluding carboxylic acids is 1. The maximum Gasteiger partial charge on any atom is 0.220 e. The standard InChI is InChI=1S/C14H22N2O2/c1-10(15)7-8-14(17)16-11(2)12-5-4-6-13(9-12)18-3/h4-6,9-11H,7-8,15H2,1-3H3,(H,16,17)/t10?,11-/m0/s1. The summed E-state index contributed by atoms with van der Waals surface area (Å²) in [4.78, 5) is 11.7. The van der Waals surface area contributed by atoms with Crippen molar-refractivity contribution in [3.8, 4) is 5.75 Å². The van der Waals surface area contributed by atoms with Crippen LogP contribution in [0.5, 0.6) is 5.75 Å². The Labute approximate surface area is 109 Å². The van der Waals surface area contributed by atoms with Gasteiger partial charge >= 0.3 is 0 Å². The molecule has 2 atom stereocenters. The lowest BCUT2D eigenvalue weighted by Gasteiger charge is -2.15. The van der Waals surface area contributed by atoms with E-state index in [1.807, 2.05) is 38.1 Å². The summed E-state index contributed by atoms with van der Waals surface area (Å²) < 4.78 is 5.16. The Hall–Kier alpha value is -1.55. The number of amides is 1. The van der Waals surface area contributed by atoms with Crippen molar-refractivity contribution in [1.82, 2.24) is 5.32 Å². The summed E-state index contributed by atoms with van der Waals surface area (Å²) in [6, 6.07) is 7.73. The van der Waals surface area contributed by atoms with Gasteiger partial charge in [0.05, 0.1) is 13.2 Å². The van der Waals surface area contributed by atoms with Gasteiger partial charge in [-0.3, -0.25) is 4.79 Å². The molecule has 1 amide bonds. The van der Waals surface area contributed by atoms with Crippen LogP contribution in [0.15, 0.2) is 24.3 Å². The van der Waals surface area contributed by atoms with Crippen molar-refractivity contribution in [3.05, 3.63) is 29.8 Å². The zero-order valence-electron chi connectivity index (χ0n) is 11.3. The molecule has 18 heavy (non-hydrogen) atoms. The van der Waals surface area contributed by atoms with Gasteiger partial charge in [0, 0.05) is 12.5 Å². The number of methoxy groups -OCH3 is 1. The third-order valence-electron chi connectivity index (χ3n) is 2.80. The van der Waals surface area contributed by atoms with Crippen LogP contribution in [-0.4, -0.2) is 19.1 Å². The predicted molar refractivity (Wildman–Crippen MR) is 72.4 cm³/mol. The zero-order valence-corrected chi connectivity index (χ0v) is 11.3. The molecule has 0 saturated carbocycles. The van der Waals surface area contributed by atoms with Crippen molar-refractivity contribution in [2.75, 3.05) is 7.11 Å². The lowest BCUT2D eigenvalue weighted by atomic mass is 10.1. The molecule has 0 saturated heterocycles. The van der Waals surface area contributed by atoms with Crippen molar-refractivity contribution in [2.45, 2.75) is 38.8 Å². The maximum absolute atomic E-state index is 11.7. The van der Waals surface area contributed by atoms with E-state index in [4.69, 9.17) is 10.5 Å². The summed E-state index contributed by atoms with van der Waals surface area (Å²) in [6.07, 6.45) is 1.17. The van der Waals surface area contributed by atoms with Gasteiger partial charge in [-0.15, -0.1) is 0 Å². The number of ether oxygens (including phenoxy) is 1. The van der Waals surface area contributed by atoms with E-state index in [0.717, 1.165) is 11.3 Å². The third kappa shape index (κ3) is 4.75. The highest BCUT2D eigenvalue weighted by Crippen LogP contribution is 2.18. The fraction of sp³-hybridized carbons (Fsp3) is 0.500. The fourth-order valence-corrected chi connectivity index (χ4v) is 1.67. The quantitative estimate of drug-likeness (QED) is 0.811. The van der Waals surface area contributed by atoms with Gasteiger partial charge in [-0.1, -0.05) is 12.1 Å². The monoisotopic (exact) mass is 250 g/mol. The molecular weight excluding hydrogens is 228 g/mol. The average Bonchev–Trinajstić information content (AvgIpc) is 2.36. The van der Waals surface area contributed by atoms with Crippen LogP contribution in [0, 0.1) is 0 Å². The molecule has 0 spiro atoms. The summed E-state index contributed by atoms with van der Waals surface area (Å²) in [5, 5.41) is 2.95. The molecule has 3 N–H and O–H groups in total. The molecule has 0 aromatic heterocycles. The molecule has 0 aliphatic carbocycles. The topological polar surface area (TPSA) is 64.3 Å². The molecule has 0 aliphatic heterocycles. The Morgan fingerprint density at radius 1 is 1.44 bits per heavy atom. The van der Waals surface area contributed by atoms with Crippen molar-refractivity contribution in [3.63, 3.8) is 0 Å². The van der Waals surface area contributed by atoms with Crippen LogP contribution in [0.2, 0.25) is 0 Å². The number of nitrogens with one attached hydrogen (secondary N) is 1. The molecule has 0 fully saturated rings. The molecule has 0 radical (unpaired) electrons. The molecular formula is C14H22N2O2. The Morgan fingerprint density at radius 2 is 2.17 bits per heavy atom. The van der Waals surface area contributed by atoms with Crippen LogP contribution in [0.1, 0.15) is 38.3 Å². The molecule has 1 rings (SSSR count). The number of hydrogen-bond acceptors (Lipinski definition) is 3. The summed E-state index contributed by atoms with van der Waals surface area (Å²) >= 11 is 0. The SMILES string of the molecule is COc1cccc([C@H](C)NC(=O)CCC(C)N)c1. The highest BCUT2D eigenvalue weighted by atomic mass is 16.5. The van der Waals surface area contributed by atoms with Crippen LogP contribution in [-0.2, 0) is 4.79 Å². The molecule has 0 aliphatic rings. The van der Waals surface area contributed by atoms with Crippen LogP contribution < -0.4 is 15.8 Å². The first-order valence-corrected chi connectivity index (χ1v) is 6.22. The van der Waals surface area contributed by atoms with Gasteiger partial charge in [-0.2, -0.15) is 0 Å². The minimum atomic E-state index is -0.0271. The average molecular weight is 250 g/mol. The zero-order chi connectivity index (χ0) is 13.5. The second kappa shape index (κ2) is 7.01. The van der Waals surface area contributed by atoms with Gasteiger partial charge in [0.2, 0.25) is 5.91 Å². The summed E-state index contributed by atoms with van der Waals surface area (Å²) in [5.41, 5.74) is 6.65. The Morgan fingerprint density at radius 3 is 2.78 bits per heavy atom. The number of benzene rings is 1. The normalized spacial score (nSPS) is 13.8. The second-order valence-electron chi connectivity index (χ2n) is 4.58. The lowest BCUT2D eigenvalue weighted by Crippen LogP contribution is -2.28. The van der Waals surface area contributed by atoms with Crippen molar-refractivity contribution < 1.29 is 9.53 Å². The first-order valence-electron chi connectivity index (χ1n) is 6.22. The lowest BCUT2D eigenvalue weighted by molar-refractivity contribution is -0.121. The van der Waals surface area contributed by atoms with Gasteiger partial charge < -0.3 is 15.8 Å². The first-order chi connectivity index (χ1) is 8.52. The number of nitrogens with two attached hydrogens (primary N) is 1. The summed E-state index contributed by atoms with van der Waals surface area (Å²) in [5.74, 6) is 0.826. The molecule has 0 bridgehead atoms. The van der Waals surface area contributed by atoms with Crippen LogP contribution in [0.4, 0.5) is 0 Å². The second-order valence-corrected chi connectivity index (χ2v) is 4.58. The fourth-order valence-electron chi connectivity index (χ4n) is 1.67. The van der Waals surface area contributed by atoms with E-state index in [9.17, 15) is 4.79 Å². The van der Waals surface area contributed by atoms with E-state index in [0.29, 0.717) is 12.8 Å². The van der Waals surface area contributed by atoms with Crippen molar-refractivity contribution in [2.24, 2.45) is 5.73 Å². The minimum Gasteiger partial charge on any atom is -0.497 e. The largest absolute Gasteiger partial charge is 0.497 e. The Balaban J connectivity index is 2.53. The summed E-state index contributed by atoms with van der Waals surface area (Å²) in [6.45, 7) is 3.86. The van der Waals surface area contributed by atoms with E-state index < -0.39 is 0 Å². The Kier molecular flexibility index (Phi) is 5.65. The molecule has 100 valence electrons. The van der Waals surface area contributed by atoms with Crippen LogP contribution >= 0.6 is 0 Å². The van der Waals surface area contributed by atoms with Crippen LogP contribution in [0.3, 0.4) is 0 Å². The van der Waals surface area contributed by atoms with E-state index in [2.05, 4.69) is 5.32 Å². The molecule has 4 nitrogen and oxygen atoms in total. The van der Waals surface area contributed by atoms with Crippen molar-refractivity contribution >= 4 is 5.91 Å². The maximum atomic E-state index is 11.7. The molecule has 0 heterocycles. The highest BCUT2D eigenvalue weighted by Gasteiger charge is 2.10. The van der Waals surface area contributed by atoms with E-state index >= 15 is 0 Å². The molecule has 4 heteroatoms. The van der Waals surface area contributed by atoms with Crippen LogP contribution in [0.25, 0.3) is 0 Å². The van der Waals surface area contributed by atoms with Crippen molar-refractivity contribution in [1.29, 1.82) is 0 Å². The number of carbonyl (C=O) groups is 1. The van der Waals surface area contributed by atoms with Gasteiger partial charge in [0.25, 0.3) is 0 Å². The Bertz CT molecular complexity index is 391. The molecule has 1 aromatic rings. The predicted octanol–water partition coefficient (Wildman–Crippen LogP) is 2.00. The molecule has 1 aromatic carbocycles. The van der Waals surface area contributed by atoms with Gasteiger partial charge in [-0.05, 0) is 38.0 Å². The number of hydrogen-bond donors (Lipinski definition) is 2. The minimum absolute atomic E-state index is 0.0271. The van der Waals surface area contributed by atoms with Gasteiger partial charge in [-0.25, -0.2) is 0 Å². The van der Waals surface area contributed by atoms with Gasteiger partial charge in [0.15, 0.2) is 0 Å². The first kappa shape index (κ1) is 14.5. The number of rotatable bonds is 6. The summed E-state index contributed by atoms with van der Waals surface area (Å²) in [7, 11) is 1.63. The highest BCUT2D eigenvalue weighted by molar-refractivity contribution is 5.76. The molecule has 1 unspecified atom stereocenters. The van der Waals surface area contributed by atoms with E-state index in [1.54, 1.807) is 7.11 Å².